The molecule has 0 radical (unpaired) electrons. The number of rotatable bonds is 2. The molecule has 0 bridgehead atoms. The largest absolute Gasteiger partial charge is 0.379 e. The molecule has 0 amide bonds. The van der Waals surface area contributed by atoms with Crippen LogP contribution < -0.4 is 10.6 Å². The molecule has 14 heavy (non-hydrogen) atoms. The Hall–Kier alpha value is -0.120. The zero-order chi connectivity index (χ0) is 9.80. The minimum Gasteiger partial charge on any atom is -0.379 e. The zero-order valence-electron chi connectivity index (χ0n) is 9.09. The van der Waals surface area contributed by atoms with Crippen molar-refractivity contribution >= 4 is 0 Å². The van der Waals surface area contributed by atoms with Crippen LogP contribution in [0.1, 0.15) is 19.8 Å². The van der Waals surface area contributed by atoms with Crippen LogP contribution in [-0.2, 0) is 4.74 Å². The molecular formula is C11H22N2O. The quantitative estimate of drug-likeness (QED) is 0.682. The van der Waals surface area contributed by atoms with E-state index < -0.39 is 0 Å². The highest BCUT2D eigenvalue weighted by atomic mass is 16.5. The number of nitrogens with one attached hydrogen (secondary N) is 2. The van der Waals surface area contributed by atoms with E-state index in [2.05, 4.69) is 17.6 Å². The van der Waals surface area contributed by atoms with Gasteiger partial charge in [-0.05, 0) is 37.8 Å². The highest BCUT2D eigenvalue weighted by molar-refractivity contribution is 4.80. The van der Waals surface area contributed by atoms with E-state index in [0.29, 0.717) is 6.04 Å². The van der Waals surface area contributed by atoms with Gasteiger partial charge in [0.2, 0.25) is 0 Å². The molecule has 0 spiro atoms. The first kappa shape index (κ1) is 10.4. The summed E-state index contributed by atoms with van der Waals surface area (Å²) in [7, 11) is 0. The Kier molecular flexibility index (Phi) is 3.79. The van der Waals surface area contributed by atoms with Gasteiger partial charge in [-0.25, -0.2) is 0 Å². The lowest BCUT2D eigenvalue weighted by molar-refractivity contribution is 0.0654. The summed E-state index contributed by atoms with van der Waals surface area (Å²) in [5, 5.41) is 7.03. The van der Waals surface area contributed by atoms with Crippen molar-refractivity contribution in [3.8, 4) is 0 Å². The van der Waals surface area contributed by atoms with Gasteiger partial charge in [0.25, 0.3) is 0 Å². The van der Waals surface area contributed by atoms with Crippen LogP contribution in [0.5, 0.6) is 0 Å². The third-order valence-corrected chi connectivity index (χ3v) is 3.28. The number of hydrogen-bond acceptors (Lipinski definition) is 3. The van der Waals surface area contributed by atoms with Crippen LogP contribution in [0, 0.1) is 11.8 Å². The first-order valence-corrected chi connectivity index (χ1v) is 5.86. The molecule has 2 rings (SSSR count). The molecule has 2 fully saturated rings. The minimum absolute atomic E-state index is 0.598. The molecule has 3 atom stereocenters. The minimum atomic E-state index is 0.598. The third-order valence-electron chi connectivity index (χ3n) is 3.28. The van der Waals surface area contributed by atoms with Crippen molar-refractivity contribution in [1.82, 2.24) is 10.6 Å². The summed E-state index contributed by atoms with van der Waals surface area (Å²) in [6, 6.07) is 0.598. The molecule has 0 aliphatic carbocycles. The molecule has 2 N–H and O–H groups in total. The molecule has 0 aromatic carbocycles. The predicted molar refractivity (Wildman–Crippen MR) is 57.4 cm³/mol. The Morgan fingerprint density at radius 1 is 1.36 bits per heavy atom. The molecule has 2 aliphatic heterocycles. The van der Waals surface area contributed by atoms with E-state index >= 15 is 0 Å². The molecule has 3 heteroatoms. The predicted octanol–water partition coefficient (Wildman–Crippen LogP) is 0.610. The molecule has 2 aliphatic rings. The van der Waals surface area contributed by atoms with Crippen LogP contribution >= 0.6 is 0 Å². The summed E-state index contributed by atoms with van der Waals surface area (Å²) in [6.07, 6.45) is 2.66. The average Bonchev–Trinajstić information content (AvgIpc) is 2.19. The molecule has 0 aromatic rings. The van der Waals surface area contributed by atoms with E-state index in [4.69, 9.17) is 4.74 Å². The third kappa shape index (κ3) is 2.94. The van der Waals surface area contributed by atoms with E-state index in [1.807, 2.05) is 0 Å². The monoisotopic (exact) mass is 198 g/mol. The van der Waals surface area contributed by atoms with Crippen molar-refractivity contribution in [2.75, 3.05) is 32.8 Å². The molecule has 0 saturated carbocycles. The topological polar surface area (TPSA) is 33.3 Å². The van der Waals surface area contributed by atoms with Gasteiger partial charge in [0, 0.05) is 12.6 Å². The summed E-state index contributed by atoms with van der Waals surface area (Å²) in [4.78, 5) is 0. The molecule has 2 saturated heterocycles. The van der Waals surface area contributed by atoms with Crippen molar-refractivity contribution in [2.45, 2.75) is 25.8 Å². The maximum atomic E-state index is 5.47. The molecule has 0 aromatic heterocycles. The summed E-state index contributed by atoms with van der Waals surface area (Å²) >= 11 is 0. The number of hydrogen-bond donors (Lipinski definition) is 2. The highest BCUT2D eigenvalue weighted by Crippen LogP contribution is 2.20. The second-order valence-corrected chi connectivity index (χ2v) is 4.83. The Balaban J connectivity index is 1.72. The van der Waals surface area contributed by atoms with Gasteiger partial charge >= 0.3 is 0 Å². The molecule has 2 unspecified atom stereocenters. The van der Waals surface area contributed by atoms with E-state index in [0.717, 1.165) is 31.6 Å². The van der Waals surface area contributed by atoms with Gasteiger partial charge in [-0.3, -0.25) is 0 Å². The lowest BCUT2D eigenvalue weighted by Crippen LogP contribution is -2.45. The highest BCUT2D eigenvalue weighted by Gasteiger charge is 2.23. The Morgan fingerprint density at radius 3 is 3.00 bits per heavy atom. The number of morpholine rings is 1. The fourth-order valence-corrected chi connectivity index (χ4v) is 2.62. The zero-order valence-corrected chi connectivity index (χ0v) is 9.09. The van der Waals surface area contributed by atoms with Gasteiger partial charge in [-0.2, -0.15) is 0 Å². The SMILES string of the molecule is C[C@H]1CNCC(CC2COCCN2)C1. The van der Waals surface area contributed by atoms with Crippen LogP contribution in [0.3, 0.4) is 0 Å². The van der Waals surface area contributed by atoms with Crippen molar-refractivity contribution in [2.24, 2.45) is 11.8 Å². The maximum absolute atomic E-state index is 5.47. The van der Waals surface area contributed by atoms with Crippen LogP contribution in [0.15, 0.2) is 0 Å². The number of piperidine rings is 1. The first-order valence-electron chi connectivity index (χ1n) is 5.86. The summed E-state index contributed by atoms with van der Waals surface area (Å²) in [5.74, 6) is 1.69. The second-order valence-electron chi connectivity index (χ2n) is 4.83. The maximum Gasteiger partial charge on any atom is 0.0620 e. The van der Waals surface area contributed by atoms with Gasteiger partial charge < -0.3 is 15.4 Å². The average molecular weight is 198 g/mol. The molecule has 2 heterocycles. The van der Waals surface area contributed by atoms with Crippen LogP contribution in [0.2, 0.25) is 0 Å². The molecule has 3 nitrogen and oxygen atoms in total. The fraction of sp³-hybridized carbons (Fsp3) is 1.00. The van der Waals surface area contributed by atoms with Crippen molar-refractivity contribution in [3.63, 3.8) is 0 Å². The van der Waals surface area contributed by atoms with Crippen LogP contribution in [0.4, 0.5) is 0 Å². The molecule has 82 valence electrons. The smallest absolute Gasteiger partial charge is 0.0620 e. The summed E-state index contributed by atoms with van der Waals surface area (Å²) < 4.78 is 5.47. The van der Waals surface area contributed by atoms with Gasteiger partial charge in [-0.15, -0.1) is 0 Å². The van der Waals surface area contributed by atoms with E-state index in [9.17, 15) is 0 Å². The fourth-order valence-electron chi connectivity index (χ4n) is 2.62. The van der Waals surface area contributed by atoms with E-state index in [-0.39, 0.29) is 0 Å². The van der Waals surface area contributed by atoms with E-state index in [1.165, 1.54) is 25.9 Å². The summed E-state index contributed by atoms with van der Waals surface area (Å²) in [5.41, 5.74) is 0. The van der Waals surface area contributed by atoms with Gasteiger partial charge in [0.15, 0.2) is 0 Å². The number of ether oxygens (including phenoxy) is 1. The second kappa shape index (κ2) is 5.10. The Morgan fingerprint density at radius 2 is 2.29 bits per heavy atom. The lowest BCUT2D eigenvalue weighted by Gasteiger charge is -2.32. The summed E-state index contributed by atoms with van der Waals surface area (Å²) in [6.45, 7) is 7.55. The Labute approximate surface area is 86.6 Å². The first-order chi connectivity index (χ1) is 6.84. The van der Waals surface area contributed by atoms with E-state index in [1.54, 1.807) is 0 Å². The van der Waals surface area contributed by atoms with Gasteiger partial charge in [0.1, 0.15) is 0 Å². The van der Waals surface area contributed by atoms with Crippen LogP contribution in [-0.4, -0.2) is 38.9 Å². The van der Waals surface area contributed by atoms with Crippen LogP contribution in [0.25, 0.3) is 0 Å². The van der Waals surface area contributed by atoms with Gasteiger partial charge in [0.05, 0.1) is 13.2 Å². The Bertz CT molecular complexity index is 169. The lowest BCUT2D eigenvalue weighted by atomic mass is 9.87. The normalized spacial score (nSPS) is 39.6. The van der Waals surface area contributed by atoms with Gasteiger partial charge in [-0.1, -0.05) is 6.92 Å². The van der Waals surface area contributed by atoms with Crippen molar-refractivity contribution in [1.29, 1.82) is 0 Å². The van der Waals surface area contributed by atoms with Crippen molar-refractivity contribution < 1.29 is 4.74 Å². The standard InChI is InChI=1S/C11H22N2O/c1-9-4-10(7-12-6-9)5-11-8-14-3-2-13-11/h9-13H,2-8H2,1H3/t9-,10?,11?/m1/s1. The molecular weight excluding hydrogens is 176 g/mol. The van der Waals surface area contributed by atoms with Crippen molar-refractivity contribution in [3.05, 3.63) is 0 Å².